The Bertz CT molecular complexity index is 204. The average Bonchev–Trinajstić information content (AvgIpc) is 2.47. The Morgan fingerprint density at radius 1 is 1.75 bits per heavy atom. The fourth-order valence-corrected chi connectivity index (χ4v) is 1.50. The number of terminal acetylenes is 1. The first-order valence-electron chi connectivity index (χ1n) is 4.45. The van der Waals surface area contributed by atoms with Crippen molar-refractivity contribution < 1.29 is 4.79 Å². The van der Waals surface area contributed by atoms with E-state index in [1.807, 2.05) is 4.90 Å². The minimum atomic E-state index is 0.220. The maximum atomic E-state index is 11.4. The fraction of sp³-hybridized carbons (Fsp3) is 0.700. The first-order chi connectivity index (χ1) is 5.74. The molecular formula is C10H15NO. The summed E-state index contributed by atoms with van der Waals surface area (Å²) in [5, 5.41) is 0. The summed E-state index contributed by atoms with van der Waals surface area (Å²) >= 11 is 0. The SMILES string of the molecule is C#CCCC(=O)N1CCC(C)C1. The van der Waals surface area contributed by atoms with Crippen molar-refractivity contribution in [3.63, 3.8) is 0 Å². The van der Waals surface area contributed by atoms with Crippen LogP contribution in [-0.4, -0.2) is 23.9 Å². The zero-order valence-corrected chi connectivity index (χ0v) is 7.55. The van der Waals surface area contributed by atoms with Crippen LogP contribution in [0.25, 0.3) is 0 Å². The second kappa shape index (κ2) is 4.15. The summed E-state index contributed by atoms with van der Waals surface area (Å²) in [5.41, 5.74) is 0. The first-order valence-corrected chi connectivity index (χ1v) is 4.45. The first kappa shape index (κ1) is 9.12. The lowest BCUT2D eigenvalue weighted by molar-refractivity contribution is -0.130. The van der Waals surface area contributed by atoms with Crippen molar-refractivity contribution in [2.75, 3.05) is 13.1 Å². The minimum absolute atomic E-state index is 0.220. The summed E-state index contributed by atoms with van der Waals surface area (Å²) in [6, 6.07) is 0. The molecule has 0 aromatic rings. The summed E-state index contributed by atoms with van der Waals surface area (Å²) in [6.45, 7) is 4.02. The van der Waals surface area contributed by atoms with Gasteiger partial charge in [-0.05, 0) is 12.3 Å². The van der Waals surface area contributed by atoms with Crippen LogP contribution in [-0.2, 0) is 4.79 Å². The predicted octanol–water partition coefficient (Wildman–Crippen LogP) is 1.27. The molecule has 1 amide bonds. The molecule has 12 heavy (non-hydrogen) atoms. The molecule has 0 aromatic carbocycles. The Kier molecular flexibility index (Phi) is 3.16. The predicted molar refractivity (Wildman–Crippen MR) is 48.4 cm³/mol. The number of carbonyl (C=O) groups excluding carboxylic acids is 1. The van der Waals surface area contributed by atoms with Gasteiger partial charge in [-0.3, -0.25) is 4.79 Å². The number of amides is 1. The van der Waals surface area contributed by atoms with Gasteiger partial charge in [-0.25, -0.2) is 0 Å². The van der Waals surface area contributed by atoms with Gasteiger partial charge < -0.3 is 4.90 Å². The van der Waals surface area contributed by atoms with E-state index in [9.17, 15) is 4.79 Å². The highest BCUT2D eigenvalue weighted by Gasteiger charge is 2.22. The molecule has 0 saturated carbocycles. The molecule has 1 heterocycles. The molecule has 2 heteroatoms. The Morgan fingerprint density at radius 2 is 2.50 bits per heavy atom. The van der Waals surface area contributed by atoms with Crippen molar-refractivity contribution in [3.05, 3.63) is 0 Å². The van der Waals surface area contributed by atoms with Crippen molar-refractivity contribution >= 4 is 5.91 Å². The van der Waals surface area contributed by atoms with Gasteiger partial charge in [0.2, 0.25) is 5.91 Å². The summed E-state index contributed by atoms with van der Waals surface area (Å²) < 4.78 is 0. The van der Waals surface area contributed by atoms with Crippen molar-refractivity contribution in [2.45, 2.75) is 26.2 Å². The topological polar surface area (TPSA) is 20.3 Å². The molecule has 1 atom stereocenters. The molecule has 0 bridgehead atoms. The van der Waals surface area contributed by atoms with E-state index in [1.165, 1.54) is 0 Å². The average molecular weight is 165 g/mol. The molecule has 0 radical (unpaired) electrons. The van der Waals surface area contributed by atoms with Gasteiger partial charge in [-0.1, -0.05) is 6.92 Å². The van der Waals surface area contributed by atoms with E-state index in [-0.39, 0.29) is 5.91 Å². The largest absolute Gasteiger partial charge is 0.342 e. The van der Waals surface area contributed by atoms with E-state index >= 15 is 0 Å². The van der Waals surface area contributed by atoms with Crippen LogP contribution >= 0.6 is 0 Å². The lowest BCUT2D eigenvalue weighted by Crippen LogP contribution is -2.27. The van der Waals surface area contributed by atoms with Crippen LogP contribution in [0.2, 0.25) is 0 Å². The molecule has 0 N–H and O–H groups in total. The third-order valence-corrected chi connectivity index (χ3v) is 2.26. The van der Waals surface area contributed by atoms with E-state index < -0.39 is 0 Å². The third kappa shape index (κ3) is 2.27. The van der Waals surface area contributed by atoms with E-state index in [0.29, 0.717) is 18.8 Å². The van der Waals surface area contributed by atoms with E-state index in [0.717, 1.165) is 19.5 Å². The highest BCUT2D eigenvalue weighted by Crippen LogP contribution is 2.15. The zero-order valence-electron chi connectivity index (χ0n) is 7.55. The molecule has 1 aliphatic heterocycles. The van der Waals surface area contributed by atoms with Gasteiger partial charge in [0.05, 0.1) is 0 Å². The summed E-state index contributed by atoms with van der Waals surface area (Å²) in [4.78, 5) is 13.3. The monoisotopic (exact) mass is 165 g/mol. The van der Waals surface area contributed by atoms with Gasteiger partial charge >= 0.3 is 0 Å². The highest BCUT2D eigenvalue weighted by molar-refractivity contribution is 5.76. The lowest BCUT2D eigenvalue weighted by Gasteiger charge is -2.14. The molecule has 1 aliphatic rings. The molecule has 1 rings (SSSR count). The Hall–Kier alpha value is -0.970. The second-order valence-corrected chi connectivity index (χ2v) is 3.44. The Balaban J connectivity index is 2.29. The molecular weight excluding hydrogens is 150 g/mol. The molecule has 0 spiro atoms. The van der Waals surface area contributed by atoms with E-state index in [4.69, 9.17) is 6.42 Å². The van der Waals surface area contributed by atoms with Crippen LogP contribution in [0.3, 0.4) is 0 Å². The highest BCUT2D eigenvalue weighted by atomic mass is 16.2. The van der Waals surface area contributed by atoms with E-state index in [2.05, 4.69) is 12.8 Å². The maximum Gasteiger partial charge on any atom is 0.223 e. The molecule has 0 aromatic heterocycles. The van der Waals surface area contributed by atoms with Crippen molar-refractivity contribution in [1.29, 1.82) is 0 Å². The summed E-state index contributed by atoms with van der Waals surface area (Å²) in [6.07, 6.45) is 7.31. The zero-order chi connectivity index (χ0) is 8.97. The number of likely N-dealkylation sites (tertiary alicyclic amines) is 1. The molecule has 0 aliphatic carbocycles. The smallest absolute Gasteiger partial charge is 0.223 e. The normalized spacial score (nSPS) is 22.3. The van der Waals surface area contributed by atoms with Crippen molar-refractivity contribution in [2.24, 2.45) is 5.92 Å². The van der Waals surface area contributed by atoms with Gasteiger partial charge in [0.1, 0.15) is 0 Å². The molecule has 1 fully saturated rings. The van der Waals surface area contributed by atoms with Crippen molar-refractivity contribution in [1.82, 2.24) is 4.90 Å². The van der Waals surface area contributed by atoms with Gasteiger partial charge in [0, 0.05) is 25.9 Å². The van der Waals surface area contributed by atoms with Crippen LogP contribution in [0, 0.1) is 18.3 Å². The van der Waals surface area contributed by atoms with Crippen LogP contribution in [0.15, 0.2) is 0 Å². The molecule has 1 saturated heterocycles. The van der Waals surface area contributed by atoms with Crippen LogP contribution in [0.5, 0.6) is 0 Å². The number of nitrogens with zero attached hydrogens (tertiary/aromatic N) is 1. The third-order valence-electron chi connectivity index (χ3n) is 2.26. The number of hydrogen-bond acceptors (Lipinski definition) is 1. The van der Waals surface area contributed by atoms with Crippen LogP contribution in [0.4, 0.5) is 0 Å². The summed E-state index contributed by atoms with van der Waals surface area (Å²) in [7, 11) is 0. The van der Waals surface area contributed by atoms with Gasteiger partial charge in [-0.15, -0.1) is 12.3 Å². The quantitative estimate of drug-likeness (QED) is 0.564. The van der Waals surface area contributed by atoms with Gasteiger partial charge in [-0.2, -0.15) is 0 Å². The Morgan fingerprint density at radius 3 is 3.00 bits per heavy atom. The minimum Gasteiger partial charge on any atom is -0.342 e. The molecule has 1 unspecified atom stereocenters. The number of rotatable bonds is 2. The number of hydrogen-bond donors (Lipinski definition) is 0. The molecule has 66 valence electrons. The lowest BCUT2D eigenvalue weighted by atomic mass is 10.2. The molecule has 2 nitrogen and oxygen atoms in total. The van der Waals surface area contributed by atoms with Crippen LogP contribution in [0.1, 0.15) is 26.2 Å². The van der Waals surface area contributed by atoms with Crippen LogP contribution < -0.4 is 0 Å². The maximum absolute atomic E-state index is 11.4. The summed E-state index contributed by atoms with van der Waals surface area (Å²) in [5.74, 6) is 3.37. The van der Waals surface area contributed by atoms with Gasteiger partial charge in [0.15, 0.2) is 0 Å². The van der Waals surface area contributed by atoms with Crippen molar-refractivity contribution in [3.8, 4) is 12.3 Å². The Labute approximate surface area is 73.9 Å². The van der Waals surface area contributed by atoms with Gasteiger partial charge in [0.25, 0.3) is 0 Å². The second-order valence-electron chi connectivity index (χ2n) is 3.44. The fourth-order valence-electron chi connectivity index (χ4n) is 1.50. The standard InChI is InChI=1S/C10H15NO/c1-3-4-5-10(12)11-7-6-9(2)8-11/h1,9H,4-8H2,2H3. The van der Waals surface area contributed by atoms with E-state index in [1.54, 1.807) is 0 Å². The number of carbonyl (C=O) groups is 1.